The van der Waals surface area contributed by atoms with E-state index < -0.39 is 0 Å². The molecule has 2 atom stereocenters. The molecule has 6 nitrogen and oxygen atoms in total. The van der Waals surface area contributed by atoms with Gasteiger partial charge in [0.1, 0.15) is 12.1 Å². The van der Waals surface area contributed by atoms with Crippen molar-refractivity contribution in [2.75, 3.05) is 0 Å². The largest absolute Gasteiger partial charge is 0.177 e. The SMILES string of the molecule is Cc1cc(C)c([N+](N)(N)C2CC([N+](N)(N)c3c(C)cc(C)cc3C)C2c2ccccc2C)c(C)c1. The van der Waals surface area contributed by atoms with Gasteiger partial charge < -0.3 is 0 Å². The summed E-state index contributed by atoms with van der Waals surface area (Å²) in [5, 5.41) is 0. The van der Waals surface area contributed by atoms with Crippen LogP contribution in [0.1, 0.15) is 56.8 Å². The van der Waals surface area contributed by atoms with Crippen LogP contribution >= 0.6 is 0 Å². The number of quaternary nitrogens is 2. The summed E-state index contributed by atoms with van der Waals surface area (Å²) in [6, 6.07) is 16.9. The Morgan fingerprint density at radius 2 is 0.943 bits per heavy atom. The number of hydrogen-bond acceptors (Lipinski definition) is 4. The Bertz CT molecular complexity index is 1150. The number of rotatable bonds is 5. The van der Waals surface area contributed by atoms with Crippen LogP contribution in [-0.4, -0.2) is 12.1 Å². The van der Waals surface area contributed by atoms with Crippen LogP contribution in [0.2, 0.25) is 0 Å². The molecule has 0 bridgehead atoms. The summed E-state index contributed by atoms with van der Waals surface area (Å²) in [7, 11) is 0. The van der Waals surface area contributed by atoms with Gasteiger partial charge >= 0.3 is 0 Å². The molecule has 1 aliphatic carbocycles. The Morgan fingerprint density at radius 1 is 0.571 bits per heavy atom. The van der Waals surface area contributed by atoms with E-state index >= 15 is 0 Å². The molecule has 0 heterocycles. The molecule has 4 rings (SSSR count). The first-order valence-corrected chi connectivity index (χ1v) is 12.4. The van der Waals surface area contributed by atoms with Gasteiger partial charge in [-0.3, -0.25) is 0 Å². The minimum absolute atomic E-state index is 0.0126. The Hall–Kier alpha value is -2.58. The maximum absolute atomic E-state index is 7.02. The minimum Gasteiger partial charge on any atom is -0.156 e. The fourth-order valence-electron chi connectivity index (χ4n) is 6.76. The highest BCUT2D eigenvalue weighted by Gasteiger charge is 2.62. The highest BCUT2D eigenvalue weighted by molar-refractivity contribution is 5.60. The number of benzene rings is 3. The van der Waals surface area contributed by atoms with Crippen LogP contribution in [0.15, 0.2) is 48.5 Å². The minimum atomic E-state index is -0.181. The first-order valence-electron chi connectivity index (χ1n) is 12.4. The molecular formula is C29H42N6+2. The van der Waals surface area contributed by atoms with E-state index in [9.17, 15) is 0 Å². The van der Waals surface area contributed by atoms with E-state index in [1.165, 1.54) is 22.3 Å². The van der Waals surface area contributed by atoms with Crippen LogP contribution in [0.4, 0.5) is 11.4 Å². The van der Waals surface area contributed by atoms with Crippen LogP contribution in [0.3, 0.4) is 0 Å². The number of nitrogens with zero attached hydrogens (tertiary/aromatic N) is 2. The fraction of sp³-hybridized carbons (Fsp3) is 0.379. The lowest BCUT2D eigenvalue weighted by Gasteiger charge is -2.53. The van der Waals surface area contributed by atoms with Gasteiger partial charge in [-0.05, 0) is 59.6 Å². The van der Waals surface area contributed by atoms with Crippen molar-refractivity contribution in [2.24, 2.45) is 23.4 Å². The van der Waals surface area contributed by atoms with Gasteiger partial charge in [0.15, 0.2) is 11.4 Å². The quantitative estimate of drug-likeness (QED) is 0.247. The van der Waals surface area contributed by atoms with Gasteiger partial charge in [0, 0.05) is 22.3 Å². The molecule has 6 heteroatoms. The van der Waals surface area contributed by atoms with Crippen molar-refractivity contribution in [3.8, 4) is 0 Å². The number of hydrogen-bond donors (Lipinski definition) is 4. The smallest absolute Gasteiger partial charge is 0.156 e. The summed E-state index contributed by atoms with van der Waals surface area (Å²) >= 11 is 0. The first-order chi connectivity index (χ1) is 16.3. The molecule has 0 radical (unpaired) electrons. The molecule has 2 unspecified atom stereocenters. The van der Waals surface area contributed by atoms with E-state index in [2.05, 4.69) is 97.0 Å². The summed E-state index contributed by atoms with van der Waals surface area (Å²) in [4.78, 5) is 0. The van der Waals surface area contributed by atoms with Crippen LogP contribution in [-0.2, 0) is 0 Å². The van der Waals surface area contributed by atoms with Gasteiger partial charge in [0.2, 0.25) is 0 Å². The lowest BCUT2D eigenvalue weighted by Crippen LogP contribution is -2.82. The zero-order chi connectivity index (χ0) is 25.9. The van der Waals surface area contributed by atoms with Crippen molar-refractivity contribution >= 4 is 11.4 Å². The van der Waals surface area contributed by atoms with Gasteiger partial charge in [-0.15, -0.1) is 9.40 Å². The van der Waals surface area contributed by atoms with Crippen LogP contribution in [0.25, 0.3) is 0 Å². The molecule has 3 aromatic carbocycles. The van der Waals surface area contributed by atoms with E-state index in [-0.39, 0.29) is 27.4 Å². The monoisotopic (exact) mass is 474 g/mol. The average molecular weight is 475 g/mol. The normalized spacial score (nSPS) is 20.6. The molecule has 0 aliphatic heterocycles. The molecule has 35 heavy (non-hydrogen) atoms. The summed E-state index contributed by atoms with van der Waals surface area (Å²) in [6.45, 7) is 14.7. The topological polar surface area (TPSA) is 104 Å². The van der Waals surface area contributed by atoms with Crippen molar-refractivity contribution in [2.45, 2.75) is 72.9 Å². The number of aryl methyl sites for hydroxylation is 7. The van der Waals surface area contributed by atoms with Gasteiger partial charge in [0.25, 0.3) is 0 Å². The first kappa shape index (κ1) is 25.5. The molecule has 1 saturated carbocycles. The zero-order valence-corrected chi connectivity index (χ0v) is 22.3. The maximum atomic E-state index is 7.02. The van der Waals surface area contributed by atoms with E-state index in [0.29, 0.717) is 6.42 Å². The summed E-state index contributed by atoms with van der Waals surface area (Å²) in [5.74, 6) is 28.1. The summed E-state index contributed by atoms with van der Waals surface area (Å²) in [6.07, 6.45) is 0.707. The molecule has 0 aromatic heterocycles. The van der Waals surface area contributed by atoms with E-state index in [1.54, 1.807) is 0 Å². The maximum Gasteiger partial charge on any atom is 0.177 e. The predicted molar refractivity (Wildman–Crippen MR) is 148 cm³/mol. The molecule has 186 valence electrons. The standard InChI is InChI=1S/C29H42N6/c1-17-12-20(4)28(21(5)13-17)34(30,31)25-16-26(27(25)24-11-9-8-10-19(24)3)35(32,33)29-22(6)14-18(2)15-23(29)7/h8-15,25-27H,16,30-33H2,1-7H3/q+2. The van der Waals surface area contributed by atoms with Crippen molar-refractivity contribution in [1.29, 1.82) is 0 Å². The Morgan fingerprint density at radius 3 is 1.31 bits per heavy atom. The van der Waals surface area contributed by atoms with Crippen molar-refractivity contribution in [3.05, 3.63) is 93.0 Å². The Kier molecular flexibility index (Phi) is 6.43. The van der Waals surface area contributed by atoms with Crippen LogP contribution in [0, 0.1) is 48.5 Å². The second kappa shape index (κ2) is 8.82. The van der Waals surface area contributed by atoms with Crippen LogP contribution < -0.4 is 32.8 Å². The fourth-order valence-corrected chi connectivity index (χ4v) is 6.76. The van der Waals surface area contributed by atoms with Crippen molar-refractivity contribution < 1.29 is 0 Å². The van der Waals surface area contributed by atoms with Crippen LogP contribution in [0.5, 0.6) is 0 Å². The second-order valence-electron chi connectivity index (χ2n) is 10.9. The van der Waals surface area contributed by atoms with Crippen molar-refractivity contribution in [3.63, 3.8) is 0 Å². The lowest BCUT2D eigenvalue weighted by atomic mass is 9.67. The van der Waals surface area contributed by atoms with Gasteiger partial charge in [-0.1, -0.05) is 59.7 Å². The Balaban J connectivity index is 1.85. The Labute approximate surface area is 210 Å². The molecular weight excluding hydrogens is 432 g/mol. The third kappa shape index (κ3) is 4.20. The summed E-state index contributed by atoms with van der Waals surface area (Å²) in [5.41, 5.74) is 11.2. The van der Waals surface area contributed by atoms with E-state index in [1.807, 2.05) is 0 Å². The van der Waals surface area contributed by atoms with Crippen molar-refractivity contribution in [1.82, 2.24) is 9.40 Å². The lowest BCUT2D eigenvalue weighted by molar-refractivity contribution is 0.00659. The highest BCUT2D eigenvalue weighted by atomic mass is 15.8. The summed E-state index contributed by atoms with van der Waals surface area (Å²) < 4.78 is -0.362. The van der Waals surface area contributed by atoms with E-state index in [4.69, 9.17) is 23.4 Å². The number of nitrogens with two attached hydrogens (primary N) is 4. The van der Waals surface area contributed by atoms with E-state index in [0.717, 1.165) is 33.6 Å². The third-order valence-corrected chi connectivity index (χ3v) is 8.00. The van der Waals surface area contributed by atoms with Gasteiger partial charge in [-0.2, -0.15) is 23.4 Å². The molecule has 1 aliphatic rings. The molecule has 0 spiro atoms. The predicted octanol–water partition coefficient (Wildman–Crippen LogP) is 4.58. The highest BCUT2D eigenvalue weighted by Crippen LogP contribution is 2.50. The average Bonchev–Trinajstić information content (AvgIpc) is 2.66. The molecule has 0 saturated heterocycles. The molecule has 1 fully saturated rings. The van der Waals surface area contributed by atoms with Gasteiger partial charge in [-0.25, -0.2) is 0 Å². The second-order valence-corrected chi connectivity index (χ2v) is 10.9. The third-order valence-electron chi connectivity index (χ3n) is 8.00. The molecule has 8 N–H and O–H groups in total. The zero-order valence-electron chi connectivity index (χ0n) is 22.3. The molecule has 0 amide bonds. The van der Waals surface area contributed by atoms with Gasteiger partial charge in [0.05, 0.1) is 12.3 Å². The molecule has 3 aromatic rings.